The molecular weight excluding hydrogens is 364 g/mol. The molecule has 0 spiro atoms. The molecule has 5 heteroatoms. The molecule has 1 aromatic carbocycles. The molecule has 5 nitrogen and oxygen atoms in total. The lowest BCUT2D eigenvalue weighted by Crippen LogP contribution is -2.43. The predicted molar refractivity (Wildman–Crippen MR) is 113 cm³/mol. The van der Waals surface area contributed by atoms with Crippen LogP contribution in [-0.2, 0) is 17.8 Å². The standard InChI is InChI=1S/C24H34N2O3/c1-16-11-19(12-20-14-25(15-21(16)20)13-17-5-6-17)22(27)18-7-9-26(10-8-18)23(28)29-24(2,3)4/h11-12,17-18H,5-10,13-15H2,1-4H3. The number of benzene rings is 1. The second-order valence-corrected chi connectivity index (χ2v) is 10.1. The predicted octanol–water partition coefficient (Wildman–Crippen LogP) is 4.55. The summed E-state index contributed by atoms with van der Waals surface area (Å²) in [6.07, 6.45) is 3.90. The molecule has 0 unspecified atom stereocenters. The molecule has 0 radical (unpaired) electrons. The van der Waals surface area contributed by atoms with Gasteiger partial charge in [0.2, 0.25) is 0 Å². The van der Waals surface area contributed by atoms with E-state index < -0.39 is 5.60 Å². The number of carbonyl (C=O) groups is 2. The first-order chi connectivity index (χ1) is 13.7. The highest BCUT2D eigenvalue weighted by Gasteiger charge is 2.32. The second kappa shape index (κ2) is 7.75. The zero-order valence-electron chi connectivity index (χ0n) is 18.3. The van der Waals surface area contributed by atoms with Crippen molar-refractivity contribution in [2.75, 3.05) is 19.6 Å². The fourth-order valence-corrected chi connectivity index (χ4v) is 4.60. The molecule has 1 saturated carbocycles. The topological polar surface area (TPSA) is 49.9 Å². The van der Waals surface area contributed by atoms with Crippen LogP contribution in [0.5, 0.6) is 0 Å². The number of fused-ring (bicyclic) bond motifs is 1. The van der Waals surface area contributed by atoms with Crippen LogP contribution in [0.2, 0.25) is 0 Å². The SMILES string of the molecule is Cc1cc(C(=O)C2CCN(C(=O)OC(C)(C)C)CC2)cc2c1CN(CC1CC1)C2. The van der Waals surface area contributed by atoms with E-state index in [-0.39, 0.29) is 17.8 Å². The number of carbonyl (C=O) groups excluding carboxylic acids is 2. The number of ketones is 1. The Labute approximate surface area is 174 Å². The van der Waals surface area contributed by atoms with Crippen molar-refractivity contribution in [3.63, 3.8) is 0 Å². The van der Waals surface area contributed by atoms with Crippen molar-refractivity contribution in [2.45, 2.75) is 72.1 Å². The number of hydrogen-bond donors (Lipinski definition) is 0. The monoisotopic (exact) mass is 398 g/mol. The van der Waals surface area contributed by atoms with Crippen LogP contribution in [0.4, 0.5) is 4.79 Å². The molecule has 0 N–H and O–H groups in total. The Balaban J connectivity index is 1.37. The summed E-state index contributed by atoms with van der Waals surface area (Å²) in [5.41, 5.74) is 4.36. The van der Waals surface area contributed by atoms with Gasteiger partial charge in [0.1, 0.15) is 5.60 Å². The zero-order chi connectivity index (χ0) is 20.8. The molecule has 4 rings (SSSR count). The fraction of sp³-hybridized carbons (Fsp3) is 0.667. The average Bonchev–Trinajstić information content (AvgIpc) is 3.36. The van der Waals surface area contributed by atoms with Crippen molar-refractivity contribution in [3.8, 4) is 0 Å². The Morgan fingerprint density at radius 2 is 1.76 bits per heavy atom. The van der Waals surface area contributed by atoms with Gasteiger partial charge in [-0.1, -0.05) is 0 Å². The van der Waals surface area contributed by atoms with Crippen molar-refractivity contribution in [2.24, 2.45) is 11.8 Å². The maximum absolute atomic E-state index is 13.2. The van der Waals surface area contributed by atoms with Crippen LogP contribution in [0.15, 0.2) is 12.1 Å². The van der Waals surface area contributed by atoms with E-state index in [1.807, 2.05) is 20.8 Å². The van der Waals surface area contributed by atoms with E-state index in [0.717, 1.165) is 24.6 Å². The molecule has 2 heterocycles. The van der Waals surface area contributed by atoms with Gasteiger partial charge in [-0.15, -0.1) is 0 Å². The molecule has 1 aromatic rings. The van der Waals surface area contributed by atoms with E-state index in [9.17, 15) is 9.59 Å². The van der Waals surface area contributed by atoms with Gasteiger partial charge in [0.05, 0.1) is 0 Å². The molecule has 3 aliphatic rings. The summed E-state index contributed by atoms with van der Waals surface area (Å²) in [5, 5.41) is 0. The fourth-order valence-electron chi connectivity index (χ4n) is 4.60. The maximum Gasteiger partial charge on any atom is 0.410 e. The van der Waals surface area contributed by atoms with Gasteiger partial charge < -0.3 is 9.64 Å². The Morgan fingerprint density at radius 3 is 2.38 bits per heavy atom. The minimum atomic E-state index is -0.487. The number of amides is 1. The van der Waals surface area contributed by atoms with E-state index >= 15 is 0 Å². The van der Waals surface area contributed by atoms with E-state index in [0.29, 0.717) is 25.9 Å². The summed E-state index contributed by atoms with van der Waals surface area (Å²) in [4.78, 5) is 29.7. The van der Waals surface area contributed by atoms with Gasteiger partial charge in [-0.3, -0.25) is 9.69 Å². The molecule has 1 aliphatic carbocycles. The Bertz CT molecular complexity index is 799. The molecule has 29 heavy (non-hydrogen) atoms. The van der Waals surface area contributed by atoms with E-state index in [2.05, 4.69) is 24.0 Å². The Morgan fingerprint density at radius 1 is 1.07 bits per heavy atom. The number of Topliss-reactive ketones (excluding diaryl/α,β-unsaturated/α-hetero) is 1. The van der Waals surface area contributed by atoms with Gasteiger partial charge in [-0.05, 0) is 88.1 Å². The quantitative estimate of drug-likeness (QED) is 0.698. The lowest BCUT2D eigenvalue weighted by atomic mass is 9.87. The third kappa shape index (κ3) is 4.82. The minimum Gasteiger partial charge on any atom is -0.444 e. The van der Waals surface area contributed by atoms with Crippen LogP contribution < -0.4 is 0 Å². The first kappa shape index (κ1) is 20.4. The van der Waals surface area contributed by atoms with Crippen molar-refractivity contribution in [1.29, 1.82) is 0 Å². The minimum absolute atomic E-state index is 0.00453. The molecule has 2 fully saturated rings. The van der Waals surface area contributed by atoms with Crippen LogP contribution >= 0.6 is 0 Å². The number of ether oxygens (including phenoxy) is 1. The van der Waals surface area contributed by atoms with Crippen LogP contribution in [0.3, 0.4) is 0 Å². The van der Waals surface area contributed by atoms with Gasteiger partial charge in [0, 0.05) is 44.2 Å². The van der Waals surface area contributed by atoms with Gasteiger partial charge in [0.15, 0.2) is 5.78 Å². The lowest BCUT2D eigenvalue weighted by Gasteiger charge is -2.33. The van der Waals surface area contributed by atoms with Crippen LogP contribution in [0.1, 0.15) is 73.5 Å². The summed E-state index contributed by atoms with van der Waals surface area (Å²) in [6, 6.07) is 4.22. The largest absolute Gasteiger partial charge is 0.444 e. The maximum atomic E-state index is 13.2. The van der Waals surface area contributed by atoms with Crippen molar-refractivity contribution >= 4 is 11.9 Å². The van der Waals surface area contributed by atoms with Gasteiger partial charge in [0.25, 0.3) is 0 Å². The summed E-state index contributed by atoms with van der Waals surface area (Å²) in [7, 11) is 0. The highest BCUT2D eigenvalue weighted by Crippen LogP contribution is 2.35. The highest BCUT2D eigenvalue weighted by atomic mass is 16.6. The molecule has 2 aliphatic heterocycles. The van der Waals surface area contributed by atoms with E-state index in [1.54, 1.807) is 4.90 Å². The normalized spacial score (nSPS) is 20.6. The van der Waals surface area contributed by atoms with E-state index in [1.165, 1.54) is 36.1 Å². The number of aryl methyl sites for hydroxylation is 1. The van der Waals surface area contributed by atoms with Crippen LogP contribution in [0.25, 0.3) is 0 Å². The van der Waals surface area contributed by atoms with Gasteiger partial charge >= 0.3 is 6.09 Å². The lowest BCUT2D eigenvalue weighted by molar-refractivity contribution is 0.0182. The van der Waals surface area contributed by atoms with Gasteiger partial charge in [-0.25, -0.2) is 4.79 Å². The third-order valence-corrected chi connectivity index (χ3v) is 6.36. The number of nitrogens with zero attached hydrogens (tertiary/aromatic N) is 2. The number of rotatable bonds is 4. The zero-order valence-corrected chi connectivity index (χ0v) is 18.3. The second-order valence-electron chi connectivity index (χ2n) is 10.1. The number of hydrogen-bond acceptors (Lipinski definition) is 4. The van der Waals surface area contributed by atoms with Gasteiger partial charge in [-0.2, -0.15) is 0 Å². The van der Waals surface area contributed by atoms with E-state index in [4.69, 9.17) is 4.74 Å². The highest BCUT2D eigenvalue weighted by molar-refractivity contribution is 5.98. The first-order valence-electron chi connectivity index (χ1n) is 11.1. The van der Waals surface area contributed by atoms with Crippen molar-refractivity contribution in [1.82, 2.24) is 9.80 Å². The smallest absolute Gasteiger partial charge is 0.410 e. The Kier molecular flexibility index (Phi) is 5.45. The number of piperidine rings is 1. The van der Waals surface area contributed by atoms with Crippen molar-refractivity contribution in [3.05, 3.63) is 34.4 Å². The number of likely N-dealkylation sites (tertiary alicyclic amines) is 1. The molecule has 1 saturated heterocycles. The van der Waals surface area contributed by atoms with Crippen molar-refractivity contribution < 1.29 is 14.3 Å². The summed E-state index contributed by atoms with van der Waals surface area (Å²) >= 11 is 0. The molecule has 0 bridgehead atoms. The average molecular weight is 399 g/mol. The van der Waals surface area contributed by atoms with Crippen LogP contribution in [0, 0.1) is 18.8 Å². The molecule has 1 amide bonds. The molecule has 0 atom stereocenters. The summed E-state index contributed by atoms with van der Waals surface area (Å²) in [6.45, 7) is 12.2. The third-order valence-electron chi connectivity index (χ3n) is 6.36. The molecule has 0 aromatic heterocycles. The molecule has 158 valence electrons. The summed E-state index contributed by atoms with van der Waals surface area (Å²) in [5.74, 6) is 1.12. The Hall–Kier alpha value is -1.88. The summed E-state index contributed by atoms with van der Waals surface area (Å²) < 4.78 is 5.46. The first-order valence-corrected chi connectivity index (χ1v) is 11.1. The van der Waals surface area contributed by atoms with Crippen LogP contribution in [-0.4, -0.2) is 46.9 Å². The molecular formula is C24H34N2O3.